The third-order valence-corrected chi connectivity index (χ3v) is 5.55. The zero-order chi connectivity index (χ0) is 21.4. The summed E-state index contributed by atoms with van der Waals surface area (Å²) in [6.07, 6.45) is 0. The Labute approximate surface area is 170 Å². The maximum absolute atomic E-state index is 12.2. The fraction of sp³-hybridized carbons (Fsp3) is 0.300. The van der Waals surface area contributed by atoms with Crippen molar-refractivity contribution >= 4 is 27.5 Å². The summed E-state index contributed by atoms with van der Waals surface area (Å²) in [6, 6.07) is 11.4. The first-order chi connectivity index (χ1) is 13.7. The van der Waals surface area contributed by atoms with Gasteiger partial charge in [0.2, 0.25) is 15.9 Å². The minimum Gasteiger partial charge on any atom is -0.484 e. The molecule has 0 unspecified atom stereocenters. The van der Waals surface area contributed by atoms with Crippen LogP contribution in [0.4, 0.5) is 5.69 Å². The second-order valence-electron chi connectivity index (χ2n) is 6.49. The van der Waals surface area contributed by atoms with Gasteiger partial charge in [-0.2, -0.15) is 0 Å². The van der Waals surface area contributed by atoms with Gasteiger partial charge in [-0.1, -0.05) is 6.07 Å². The summed E-state index contributed by atoms with van der Waals surface area (Å²) >= 11 is 0. The first-order valence-electron chi connectivity index (χ1n) is 9.01. The Morgan fingerprint density at radius 3 is 2.28 bits per heavy atom. The highest BCUT2D eigenvalue weighted by atomic mass is 32.2. The summed E-state index contributed by atoms with van der Waals surface area (Å²) in [7, 11) is -3.71. The van der Waals surface area contributed by atoms with E-state index in [1.807, 2.05) is 26.0 Å². The molecule has 0 aromatic heterocycles. The van der Waals surface area contributed by atoms with Crippen molar-refractivity contribution in [1.29, 1.82) is 0 Å². The van der Waals surface area contributed by atoms with E-state index < -0.39 is 10.0 Å². The highest BCUT2D eigenvalue weighted by molar-refractivity contribution is 7.89. The highest BCUT2D eigenvalue weighted by Gasteiger charge is 2.13. The molecule has 0 radical (unpaired) electrons. The van der Waals surface area contributed by atoms with E-state index in [9.17, 15) is 18.0 Å². The summed E-state index contributed by atoms with van der Waals surface area (Å²) in [4.78, 5) is 22.9. The molecule has 0 aliphatic heterocycles. The lowest BCUT2D eigenvalue weighted by atomic mass is 10.1. The van der Waals surface area contributed by atoms with Crippen LogP contribution in [-0.2, 0) is 19.6 Å². The molecule has 2 rings (SSSR count). The number of ether oxygens (including phenoxy) is 1. The Balaban J connectivity index is 1.74. The predicted octanol–water partition coefficient (Wildman–Crippen LogP) is 1.74. The SMILES string of the molecule is CC(=O)Nc1ccc(S(=O)(=O)NCCNC(=O)COc2ccc(C)c(C)c2)cc1. The van der Waals surface area contributed by atoms with E-state index in [2.05, 4.69) is 15.4 Å². The minimum absolute atomic E-state index is 0.0329. The van der Waals surface area contributed by atoms with Gasteiger partial charge in [0.15, 0.2) is 6.61 Å². The number of hydrogen-bond donors (Lipinski definition) is 3. The maximum atomic E-state index is 12.2. The molecule has 0 fully saturated rings. The van der Waals surface area contributed by atoms with Crippen molar-refractivity contribution < 1.29 is 22.7 Å². The molecule has 0 saturated carbocycles. The van der Waals surface area contributed by atoms with Gasteiger partial charge in [0, 0.05) is 25.7 Å². The third-order valence-electron chi connectivity index (χ3n) is 4.07. The van der Waals surface area contributed by atoms with E-state index in [4.69, 9.17) is 4.74 Å². The van der Waals surface area contributed by atoms with Crippen LogP contribution >= 0.6 is 0 Å². The molecule has 8 nitrogen and oxygen atoms in total. The van der Waals surface area contributed by atoms with Gasteiger partial charge in [0.1, 0.15) is 5.75 Å². The van der Waals surface area contributed by atoms with Crippen molar-refractivity contribution in [2.45, 2.75) is 25.7 Å². The molecule has 156 valence electrons. The predicted molar refractivity (Wildman–Crippen MR) is 110 cm³/mol. The molecule has 0 aliphatic rings. The number of benzene rings is 2. The van der Waals surface area contributed by atoms with Gasteiger partial charge in [-0.25, -0.2) is 13.1 Å². The van der Waals surface area contributed by atoms with Crippen molar-refractivity contribution in [3.63, 3.8) is 0 Å². The van der Waals surface area contributed by atoms with E-state index >= 15 is 0 Å². The molecule has 3 N–H and O–H groups in total. The van der Waals surface area contributed by atoms with E-state index in [0.717, 1.165) is 11.1 Å². The number of rotatable bonds is 9. The molecule has 2 amide bonds. The Morgan fingerprint density at radius 1 is 0.966 bits per heavy atom. The number of sulfonamides is 1. The molecular weight excluding hydrogens is 394 g/mol. The largest absolute Gasteiger partial charge is 0.484 e. The topological polar surface area (TPSA) is 114 Å². The van der Waals surface area contributed by atoms with Gasteiger partial charge < -0.3 is 15.4 Å². The second kappa shape index (κ2) is 10.0. The Hall–Kier alpha value is -2.91. The molecule has 2 aromatic carbocycles. The van der Waals surface area contributed by atoms with Crippen molar-refractivity contribution in [3.05, 3.63) is 53.6 Å². The lowest BCUT2D eigenvalue weighted by molar-refractivity contribution is -0.123. The smallest absolute Gasteiger partial charge is 0.257 e. The molecule has 0 saturated heterocycles. The van der Waals surface area contributed by atoms with Crippen molar-refractivity contribution in [2.24, 2.45) is 0 Å². The highest BCUT2D eigenvalue weighted by Crippen LogP contribution is 2.16. The molecule has 2 aromatic rings. The third kappa shape index (κ3) is 7.20. The van der Waals surface area contributed by atoms with Crippen LogP contribution in [0.1, 0.15) is 18.1 Å². The van der Waals surface area contributed by atoms with Crippen LogP contribution in [0.25, 0.3) is 0 Å². The van der Waals surface area contributed by atoms with Crippen LogP contribution in [0.2, 0.25) is 0 Å². The number of carbonyl (C=O) groups is 2. The number of aryl methyl sites for hydroxylation is 2. The molecule has 29 heavy (non-hydrogen) atoms. The first kappa shape index (κ1) is 22.4. The van der Waals surface area contributed by atoms with Crippen LogP contribution in [0, 0.1) is 13.8 Å². The lowest BCUT2D eigenvalue weighted by Crippen LogP contribution is -2.36. The van der Waals surface area contributed by atoms with Crippen LogP contribution in [0.5, 0.6) is 5.75 Å². The molecule has 0 spiro atoms. The molecule has 0 bridgehead atoms. The van der Waals surface area contributed by atoms with Crippen molar-refractivity contribution in [1.82, 2.24) is 10.0 Å². The van der Waals surface area contributed by atoms with Crippen LogP contribution in [-0.4, -0.2) is 39.9 Å². The van der Waals surface area contributed by atoms with Crippen LogP contribution in [0.3, 0.4) is 0 Å². The quantitative estimate of drug-likeness (QED) is 0.536. The molecule has 0 atom stereocenters. The van der Waals surface area contributed by atoms with E-state index in [1.165, 1.54) is 31.2 Å². The van der Waals surface area contributed by atoms with Gasteiger partial charge in [0.25, 0.3) is 5.91 Å². The standard InChI is InChI=1S/C20H25N3O5S/c1-14-4-7-18(12-15(14)2)28-13-20(25)21-10-11-22-29(26,27)19-8-5-17(6-9-19)23-16(3)24/h4-9,12,22H,10-11,13H2,1-3H3,(H,21,25)(H,23,24). The summed E-state index contributed by atoms with van der Waals surface area (Å²) < 4.78 is 32.3. The number of carbonyl (C=O) groups excluding carboxylic acids is 2. The van der Waals surface area contributed by atoms with Gasteiger partial charge in [0.05, 0.1) is 4.90 Å². The molecule has 9 heteroatoms. The lowest BCUT2D eigenvalue weighted by Gasteiger charge is -2.10. The van der Waals surface area contributed by atoms with Gasteiger partial charge in [-0.05, 0) is 61.4 Å². The fourth-order valence-electron chi connectivity index (χ4n) is 2.39. The Bertz CT molecular complexity index is 972. The number of amides is 2. The maximum Gasteiger partial charge on any atom is 0.257 e. The Morgan fingerprint density at radius 2 is 1.66 bits per heavy atom. The van der Waals surface area contributed by atoms with E-state index in [0.29, 0.717) is 11.4 Å². The fourth-order valence-corrected chi connectivity index (χ4v) is 3.43. The number of anilines is 1. The summed E-state index contributed by atoms with van der Waals surface area (Å²) in [5.41, 5.74) is 2.72. The summed E-state index contributed by atoms with van der Waals surface area (Å²) in [5, 5.41) is 5.16. The summed E-state index contributed by atoms with van der Waals surface area (Å²) in [6.45, 7) is 5.32. The summed E-state index contributed by atoms with van der Waals surface area (Å²) in [5.74, 6) is 0.0183. The first-order valence-corrected chi connectivity index (χ1v) is 10.5. The normalized spacial score (nSPS) is 11.0. The number of hydrogen-bond acceptors (Lipinski definition) is 5. The average molecular weight is 420 g/mol. The molecular formula is C20H25N3O5S. The van der Waals surface area contributed by atoms with E-state index in [1.54, 1.807) is 6.07 Å². The van der Waals surface area contributed by atoms with Gasteiger partial charge in [-0.3, -0.25) is 9.59 Å². The Kier molecular flexibility index (Phi) is 7.74. The minimum atomic E-state index is -3.71. The van der Waals surface area contributed by atoms with Crippen LogP contribution < -0.4 is 20.1 Å². The molecule has 0 aliphatic carbocycles. The number of nitrogens with one attached hydrogen (secondary N) is 3. The van der Waals surface area contributed by atoms with Crippen molar-refractivity contribution in [3.8, 4) is 5.75 Å². The zero-order valence-electron chi connectivity index (χ0n) is 16.6. The van der Waals surface area contributed by atoms with E-state index in [-0.39, 0.29) is 36.4 Å². The van der Waals surface area contributed by atoms with Gasteiger partial charge in [-0.15, -0.1) is 0 Å². The average Bonchev–Trinajstić information content (AvgIpc) is 2.66. The van der Waals surface area contributed by atoms with Crippen molar-refractivity contribution in [2.75, 3.05) is 25.0 Å². The van der Waals surface area contributed by atoms with Crippen LogP contribution in [0.15, 0.2) is 47.4 Å². The monoisotopic (exact) mass is 419 g/mol. The van der Waals surface area contributed by atoms with Gasteiger partial charge >= 0.3 is 0 Å². The zero-order valence-corrected chi connectivity index (χ0v) is 17.4. The molecule has 0 heterocycles. The second-order valence-corrected chi connectivity index (χ2v) is 8.25.